The maximum absolute atomic E-state index is 14.0. The van der Waals surface area contributed by atoms with Crippen LogP contribution < -0.4 is 10.6 Å². The molecule has 5 nitrogen and oxygen atoms in total. The van der Waals surface area contributed by atoms with Gasteiger partial charge in [-0.2, -0.15) is 0 Å². The van der Waals surface area contributed by atoms with Crippen molar-refractivity contribution in [2.24, 2.45) is 4.99 Å². The van der Waals surface area contributed by atoms with Crippen molar-refractivity contribution >= 4 is 35.8 Å². The van der Waals surface area contributed by atoms with Crippen LogP contribution in [0.4, 0.5) is 8.78 Å². The Balaban J connectivity index is 0.00000341. The van der Waals surface area contributed by atoms with Crippen molar-refractivity contribution in [2.75, 3.05) is 27.2 Å². The van der Waals surface area contributed by atoms with Gasteiger partial charge < -0.3 is 15.5 Å². The average molecular weight is 542 g/mol. The summed E-state index contributed by atoms with van der Waals surface area (Å²) in [5.74, 6) is -0.599. The number of nitrogens with zero attached hydrogens (tertiary/aromatic N) is 2. The molecule has 1 aliphatic rings. The summed E-state index contributed by atoms with van der Waals surface area (Å²) in [4.78, 5) is 18.2. The second-order valence-corrected chi connectivity index (χ2v) is 7.64. The Morgan fingerprint density at radius 3 is 2.48 bits per heavy atom. The third-order valence-electron chi connectivity index (χ3n) is 5.08. The van der Waals surface area contributed by atoms with Gasteiger partial charge in [-0.3, -0.25) is 9.79 Å². The number of rotatable bonds is 7. The third-order valence-corrected chi connectivity index (χ3v) is 5.08. The van der Waals surface area contributed by atoms with E-state index < -0.39 is 11.6 Å². The van der Waals surface area contributed by atoms with Gasteiger partial charge >= 0.3 is 0 Å². The summed E-state index contributed by atoms with van der Waals surface area (Å²) in [6.45, 7) is 3.18. The van der Waals surface area contributed by atoms with E-state index in [1.54, 1.807) is 25.1 Å². The van der Waals surface area contributed by atoms with E-state index in [4.69, 9.17) is 0 Å². The second-order valence-electron chi connectivity index (χ2n) is 7.64. The molecule has 1 amide bonds. The molecule has 1 aliphatic carbocycles. The zero-order valence-electron chi connectivity index (χ0n) is 18.0. The van der Waals surface area contributed by atoms with E-state index in [1.807, 2.05) is 25.1 Å². The largest absolute Gasteiger partial charge is 0.357 e. The molecular formula is C23H29F2IN4O. The van der Waals surface area contributed by atoms with Gasteiger partial charge in [0.05, 0.1) is 0 Å². The fraction of sp³-hybridized carbons (Fsp3) is 0.391. The highest BCUT2D eigenvalue weighted by Crippen LogP contribution is 2.43. The predicted molar refractivity (Wildman–Crippen MR) is 130 cm³/mol. The summed E-state index contributed by atoms with van der Waals surface area (Å²) in [5.41, 5.74) is 1.83. The zero-order chi connectivity index (χ0) is 21.7. The van der Waals surface area contributed by atoms with Crippen molar-refractivity contribution < 1.29 is 13.6 Å². The van der Waals surface area contributed by atoms with Crippen LogP contribution in [0.15, 0.2) is 47.5 Å². The fourth-order valence-electron chi connectivity index (χ4n) is 3.45. The second kappa shape index (κ2) is 11.4. The van der Waals surface area contributed by atoms with Gasteiger partial charge in [0.25, 0.3) is 5.91 Å². The molecule has 3 rings (SSSR count). The minimum Gasteiger partial charge on any atom is -0.357 e. The zero-order valence-corrected chi connectivity index (χ0v) is 20.3. The van der Waals surface area contributed by atoms with Crippen molar-refractivity contribution in [3.63, 3.8) is 0 Å². The van der Waals surface area contributed by atoms with Gasteiger partial charge in [0.1, 0.15) is 11.6 Å². The minimum absolute atomic E-state index is 0. The fourth-order valence-corrected chi connectivity index (χ4v) is 3.45. The first-order valence-electron chi connectivity index (χ1n) is 10.2. The lowest BCUT2D eigenvalue weighted by atomic mass is 10.1. The minimum atomic E-state index is -0.501. The number of carbonyl (C=O) groups excluding carboxylic acids is 1. The molecule has 0 spiro atoms. The van der Waals surface area contributed by atoms with Crippen molar-refractivity contribution in [3.05, 3.63) is 70.8 Å². The van der Waals surface area contributed by atoms with E-state index in [0.29, 0.717) is 37.5 Å². The van der Waals surface area contributed by atoms with Crippen molar-refractivity contribution in [3.8, 4) is 0 Å². The monoisotopic (exact) mass is 542 g/mol. The maximum Gasteiger partial charge on any atom is 0.253 e. The van der Waals surface area contributed by atoms with Gasteiger partial charge in [0.15, 0.2) is 5.96 Å². The topological polar surface area (TPSA) is 56.7 Å². The van der Waals surface area contributed by atoms with Crippen molar-refractivity contribution in [1.29, 1.82) is 0 Å². The Morgan fingerprint density at radius 1 is 1.16 bits per heavy atom. The lowest BCUT2D eigenvalue weighted by Crippen LogP contribution is -2.39. The lowest BCUT2D eigenvalue weighted by molar-refractivity contribution is 0.0827. The van der Waals surface area contributed by atoms with E-state index in [-0.39, 0.29) is 47.4 Å². The highest BCUT2D eigenvalue weighted by molar-refractivity contribution is 14.0. The van der Waals surface area contributed by atoms with Crippen LogP contribution in [0.1, 0.15) is 40.7 Å². The maximum atomic E-state index is 14.0. The van der Waals surface area contributed by atoms with Crippen LogP contribution in [0.2, 0.25) is 0 Å². The molecule has 8 heteroatoms. The van der Waals surface area contributed by atoms with Gasteiger partial charge in [0.2, 0.25) is 0 Å². The number of halogens is 3. The summed E-state index contributed by atoms with van der Waals surface area (Å²) in [6, 6.07) is 11.5. The van der Waals surface area contributed by atoms with E-state index in [0.717, 1.165) is 5.56 Å². The Morgan fingerprint density at radius 2 is 1.84 bits per heavy atom. The van der Waals surface area contributed by atoms with Crippen LogP contribution in [0, 0.1) is 11.6 Å². The number of aliphatic imine (C=N–C) groups is 1. The van der Waals surface area contributed by atoms with Crippen molar-refractivity contribution in [2.45, 2.75) is 31.7 Å². The SMILES string of the molecule is CCNC(=NCCc1cccc(C(=O)N(C)C)c1)NC1CC1c1c(F)cccc1F.I. The van der Waals surface area contributed by atoms with E-state index in [2.05, 4.69) is 15.6 Å². The van der Waals surface area contributed by atoms with Crippen LogP contribution >= 0.6 is 24.0 Å². The molecule has 2 atom stereocenters. The smallest absolute Gasteiger partial charge is 0.253 e. The molecule has 168 valence electrons. The van der Waals surface area contributed by atoms with E-state index in [1.165, 1.54) is 18.2 Å². The first kappa shape index (κ1) is 25.0. The molecule has 0 radical (unpaired) electrons. The van der Waals surface area contributed by atoms with Crippen LogP contribution in [0.25, 0.3) is 0 Å². The summed E-state index contributed by atoms with van der Waals surface area (Å²) >= 11 is 0. The number of nitrogens with one attached hydrogen (secondary N) is 2. The van der Waals surface area contributed by atoms with Gasteiger partial charge in [-0.1, -0.05) is 18.2 Å². The molecule has 31 heavy (non-hydrogen) atoms. The molecular weight excluding hydrogens is 513 g/mol. The van der Waals surface area contributed by atoms with Gasteiger partial charge in [0, 0.05) is 50.3 Å². The normalized spacial score (nSPS) is 17.5. The number of guanidine groups is 1. The first-order chi connectivity index (χ1) is 14.4. The van der Waals surface area contributed by atoms with Crippen molar-refractivity contribution in [1.82, 2.24) is 15.5 Å². The van der Waals surface area contributed by atoms with Crippen LogP contribution in [-0.2, 0) is 6.42 Å². The Bertz CT molecular complexity index is 915. The summed E-state index contributed by atoms with van der Waals surface area (Å²) < 4.78 is 28.0. The highest BCUT2D eigenvalue weighted by atomic mass is 127. The molecule has 2 aromatic carbocycles. The molecule has 2 unspecified atom stereocenters. The Labute approximate surface area is 199 Å². The molecule has 2 aromatic rings. The molecule has 1 fully saturated rings. The molecule has 0 saturated heterocycles. The molecule has 0 aromatic heterocycles. The molecule has 0 bridgehead atoms. The van der Waals surface area contributed by atoms with E-state index in [9.17, 15) is 13.6 Å². The standard InChI is InChI=1S/C23H28F2N4O.HI/c1-4-26-23(28-20-14-17(20)21-18(24)9-6-10-19(21)25)27-12-11-15-7-5-8-16(13-15)22(30)29(2)3;/h5-10,13,17,20H,4,11-12,14H2,1-3H3,(H2,26,27,28);1H. The van der Waals surface area contributed by atoms with Crippen LogP contribution in [0.3, 0.4) is 0 Å². The summed E-state index contributed by atoms with van der Waals surface area (Å²) in [5, 5.41) is 6.45. The number of benzene rings is 2. The van der Waals surface area contributed by atoms with Gasteiger partial charge in [-0.05, 0) is 49.6 Å². The summed E-state index contributed by atoms with van der Waals surface area (Å²) in [6.07, 6.45) is 1.35. The number of hydrogen-bond acceptors (Lipinski definition) is 2. The third kappa shape index (κ3) is 6.62. The number of hydrogen-bond donors (Lipinski definition) is 2. The van der Waals surface area contributed by atoms with Gasteiger partial charge in [-0.25, -0.2) is 8.78 Å². The van der Waals surface area contributed by atoms with E-state index >= 15 is 0 Å². The Hall–Kier alpha value is -2.23. The lowest BCUT2D eigenvalue weighted by Gasteiger charge is -2.12. The van der Waals surface area contributed by atoms with Crippen LogP contribution in [0.5, 0.6) is 0 Å². The average Bonchev–Trinajstić information content (AvgIpc) is 3.46. The molecule has 0 aliphatic heterocycles. The van der Waals surface area contributed by atoms with Gasteiger partial charge in [-0.15, -0.1) is 24.0 Å². The Kier molecular flexibility index (Phi) is 9.21. The van der Waals surface area contributed by atoms with Crippen LogP contribution in [-0.4, -0.2) is 50.0 Å². The molecule has 2 N–H and O–H groups in total. The predicted octanol–water partition coefficient (Wildman–Crippen LogP) is 3.94. The number of amides is 1. The molecule has 0 heterocycles. The number of carbonyl (C=O) groups is 1. The quantitative estimate of drug-likeness (QED) is 0.317. The molecule has 1 saturated carbocycles. The summed E-state index contributed by atoms with van der Waals surface area (Å²) in [7, 11) is 3.46. The highest BCUT2D eigenvalue weighted by Gasteiger charge is 2.42. The first-order valence-corrected chi connectivity index (χ1v) is 10.2.